The minimum Gasteiger partial charge on any atom is -0.508 e. The first kappa shape index (κ1) is 12.7. The molecule has 0 aromatic heterocycles. The van der Waals surface area contributed by atoms with Crippen molar-refractivity contribution in [3.8, 4) is 11.5 Å². The van der Waals surface area contributed by atoms with Crippen molar-refractivity contribution in [3.05, 3.63) is 35.4 Å². The zero-order valence-electron chi connectivity index (χ0n) is 9.97. The number of aryl methyl sites for hydroxylation is 2. The standard InChI is InChI=1S/C12H13NO4S/c1-7-5-12(14)8(2)11-6-9(3-4-10(7)11)17-18(13,15)16/h3-6,14H,1-2H3,(H2,13,15,16). The molecule has 3 N–H and O–H groups in total. The molecule has 0 radical (unpaired) electrons. The van der Waals surface area contributed by atoms with Crippen LogP contribution in [0, 0.1) is 13.8 Å². The largest absolute Gasteiger partial charge is 0.508 e. The molecule has 0 aliphatic heterocycles. The smallest absolute Gasteiger partial charge is 0.380 e. The van der Waals surface area contributed by atoms with Crippen LogP contribution in [0.5, 0.6) is 11.5 Å². The molecule has 0 bridgehead atoms. The molecule has 0 aliphatic rings. The van der Waals surface area contributed by atoms with Crippen LogP contribution < -0.4 is 9.32 Å². The first-order chi connectivity index (χ1) is 8.28. The van der Waals surface area contributed by atoms with E-state index >= 15 is 0 Å². The molecular weight excluding hydrogens is 254 g/mol. The van der Waals surface area contributed by atoms with Gasteiger partial charge in [0.05, 0.1) is 0 Å². The Bertz CT molecular complexity index is 722. The Kier molecular flexibility index (Phi) is 2.92. The van der Waals surface area contributed by atoms with Gasteiger partial charge in [0.2, 0.25) is 0 Å². The molecule has 0 unspecified atom stereocenters. The number of hydrogen-bond donors (Lipinski definition) is 2. The fourth-order valence-corrected chi connectivity index (χ4v) is 2.26. The van der Waals surface area contributed by atoms with E-state index in [-0.39, 0.29) is 11.5 Å². The summed E-state index contributed by atoms with van der Waals surface area (Å²) < 4.78 is 26.3. The topological polar surface area (TPSA) is 89.6 Å². The molecule has 2 aromatic rings. The summed E-state index contributed by atoms with van der Waals surface area (Å²) in [4.78, 5) is 0. The van der Waals surface area contributed by atoms with Gasteiger partial charge in [-0.3, -0.25) is 0 Å². The second kappa shape index (κ2) is 4.15. The third-order valence-corrected chi connectivity index (χ3v) is 3.19. The molecule has 0 saturated heterocycles. The third-order valence-electron chi connectivity index (χ3n) is 2.77. The lowest BCUT2D eigenvalue weighted by Gasteiger charge is -2.10. The van der Waals surface area contributed by atoms with E-state index in [4.69, 9.17) is 5.14 Å². The maximum Gasteiger partial charge on any atom is 0.380 e. The minimum atomic E-state index is -4.04. The van der Waals surface area contributed by atoms with Crippen molar-refractivity contribution in [1.82, 2.24) is 0 Å². The third kappa shape index (κ3) is 2.39. The predicted molar refractivity (Wildman–Crippen MR) is 68.8 cm³/mol. The highest BCUT2D eigenvalue weighted by Gasteiger charge is 2.10. The molecule has 2 rings (SSSR count). The fourth-order valence-electron chi connectivity index (χ4n) is 1.89. The van der Waals surface area contributed by atoms with E-state index in [1.807, 2.05) is 6.92 Å². The molecule has 0 saturated carbocycles. The van der Waals surface area contributed by atoms with Gasteiger partial charge in [0.25, 0.3) is 0 Å². The number of nitrogens with two attached hydrogens (primary N) is 1. The number of benzene rings is 2. The zero-order chi connectivity index (χ0) is 13.5. The lowest BCUT2D eigenvalue weighted by Crippen LogP contribution is -2.18. The Balaban J connectivity index is 2.68. The molecule has 0 amide bonds. The molecule has 0 spiro atoms. The number of fused-ring (bicyclic) bond motifs is 1. The van der Waals surface area contributed by atoms with Crippen molar-refractivity contribution < 1.29 is 17.7 Å². The maximum absolute atomic E-state index is 10.9. The highest BCUT2D eigenvalue weighted by molar-refractivity contribution is 7.84. The molecule has 6 heteroatoms. The number of phenols is 1. The summed E-state index contributed by atoms with van der Waals surface area (Å²) >= 11 is 0. The second-order valence-corrected chi connectivity index (χ2v) is 5.27. The van der Waals surface area contributed by atoms with Gasteiger partial charge in [-0.05, 0) is 53.9 Å². The van der Waals surface area contributed by atoms with Crippen LogP contribution in [0.1, 0.15) is 11.1 Å². The van der Waals surface area contributed by atoms with Gasteiger partial charge in [0.15, 0.2) is 0 Å². The number of phenolic OH excluding ortho intramolecular Hbond substituents is 1. The van der Waals surface area contributed by atoms with E-state index in [1.54, 1.807) is 25.1 Å². The second-order valence-electron chi connectivity index (χ2n) is 4.12. The van der Waals surface area contributed by atoms with Gasteiger partial charge in [-0.2, -0.15) is 13.6 Å². The molecule has 96 valence electrons. The van der Waals surface area contributed by atoms with Crippen molar-refractivity contribution in [3.63, 3.8) is 0 Å². The van der Waals surface area contributed by atoms with E-state index in [0.29, 0.717) is 5.56 Å². The summed E-state index contributed by atoms with van der Waals surface area (Å²) in [6, 6.07) is 6.47. The van der Waals surface area contributed by atoms with E-state index < -0.39 is 10.3 Å². The average molecular weight is 267 g/mol. The highest BCUT2D eigenvalue weighted by Crippen LogP contribution is 2.32. The van der Waals surface area contributed by atoms with Gasteiger partial charge in [-0.1, -0.05) is 6.07 Å². The molecule has 18 heavy (non-hydrogen) atoms. The molecule has 0 atom stereocenters. The van der Waals surface area contributed by atoms with Crippen molar-refractivity contribution in [2.24, 2.45) is 5.14 Å². The van der Waals surface area contributed by atoms with Gasteiger partial charge in [0, 0.05) is 0 Å². The van der Waals surface area contributed by atoms with Gasteiger partial charge in [-0.15, -0.1) is 0 Å². The summed E-state index contributed by atoms with van der Waals surface area (Å²) in [7, 11) is -4.04. The Morgan fingerprint density at radius 2 is 1.83 bits per heavy atom. The monoisotopic (exact) mass is 267 g/mol. The quantitative estimate of drug-likeness (QED) is 0.867. The minimum absolute atomic E-state index is 0.123. The van der Waals surface area contributed by atoms with Crippen LogP contribution in [0.25, 0.3) is 10.8 Å². The number of rotatable bonds is 2. The van der Waals surface area contributed by atoms with Crippen LogP contribution in [-0.2, 0) is 10.3 Å². The molecular formula is C12H13NO4S. The molecule has 5 nitrogen and oxygen atoms in total. The Morgan fingerprint density at radius 3 is 2.44 bits per heavy atom. The first-order valence-corrected chi connectivity index (χ1v) is 6.70. The van der Waals surface area contributed by atoms with E-state index in [2.05, 4.69) is 4.18 Å². The van der Waals surface area contributed by atoms with Crippen LogP contribution in [0.4, 0.5) is 0 Å². The lowest BCUT2D eigenvalue weighted by atomic mass is 10.00. The summed E-state index contributed by atoms with van der Waals surface area (Å²) in [5.41, 5.74) is 1.56. The average Bonchev–Trinajstić information content (AvgIpc) is 2.23. The zero-order valence-corrected chi connectivity index (χ0v) is 10.8. The van der Waals surface area contributed by atoms with Crippen LogP contribution in [0.2, 0.25) is 0 Å². The van der Waals surface area contributed by atoms with Crippen molar-refractivity contribution in [1.29, 1.82) is 0 Å². The van der Waals surface area contributed by atoms with Crippen LogP contribution >= 0.6 is 0 Å². The molecule has 2 aromatic carbocycles. The van der Waals surface area contributed by atoms with Gasteiger partial charge < -0.3 is 9.29 Å². The maximum atomic E-state index is 10.9. The van der Waals surface area contributed by atoms with Crippen molar-refractivity contribution in [2.75, 3.05) is 0 Å². The SMILES string of the molecule is Cc1cc(O)c(C)c2cc(OS(N)(=O)=O)ccc12. The van der Waals surface area contributed by atoms with E-state index in [1.165, 1.54) is 6.07 Å². The van der Waals surface area contributed by atoms with Crippen LogP contribution in [-0.4, -0.2) is 13.5 Å². The Hall–Kier alpha value is -1.79. The van der Waals surface area contributed by atoms with E-state index in [0.717, 1.165) is 16.3 Å². The summed E-state index contributed by atoms with van der Waals surface area (Å²) in [5, 5.41) is 16.2. The lowest BCUT2D eigenvalue weighted by molar-refractivity contribution is 0.472. The van der Waals surface area contributed by atoms with Gasteiger partial charge >= 0.3 is 10.3 Å². The Labute approximate surface area is 105 Å². The first-order valence-electron chi connectivity index (χ1n) is 5.23. The Morgan fingerprint density at radius 1 is 1.17 bits per heavy atom. The molecule has 0 fully saturated rings. The van der Waals surface area contributed by atoms with Crippen molar-refractivity contribution in [2.45, 2.75) is 13.8 Å². The predicted octanol–water partition coefficient (Wildman–Crippen LogP) is 1.74. The molecule has 0 heterocycles. The normalized spacial score (nSPS) is 11.7. The van der Waals surface area contributed by atoms with Crippen LogP contribution in [0.3, 0.4) is 0 Å². The van der Waals surface area contributed by atoms with Crippen molar-refractivity contribution >= 4 is 21.1 Å². The number of aromatic hydroxyl groups is 1. The molecule has 0 aliphatic carbocycles. The fraction of sp³-hybridized carbons (Fsp3) is 0.167. The summed E-state index contributed by atoms with van der Waals surface area (Å²) in [6.45, 7) is 3.61. The number of hydrogen-bond acceptors (Lipinski definition) is 4. The van der Waals surface area contributed by atoms with E-state index in [9.17, 15) is 13.5 Å². The summed E-state index contributed by atoms with van der Waals surface area (Å²) in [5.74, 6) is 0.283. The highest BCUT2D eigenvalue weighted by atomic mass is 32.2. The van der Waals surface area contributed by atoms with Gasteiger partial charge in [0.1, 0.15) is 11.5 Å². The van der Waals surface area contributed by atoms with Gasteiger partial charge in [-0.25, -0.2) is 0 Å². The summed E-state index contributed by atoms with van der Waals surface area (Å²) in [6.07, 6.45) is 0. The van der Waals surface area contributed by atoms with Crippen LogP contribution in [0.15, 0.2) is 24.3 Å².